The predicted octanol–water partition coefficient (Wildman–Crippen LogP) is 4.25. The largest absolute Gasteiger partial charge is 0.497 e. The van der Waals surface area contributed by atoms with E-state index in [0.29, 0.717) is 23.1 Å². The number of hydrogen-bond acceptors (Lipinski definition) is 7. The van der Waals surface area contributed by atoms with Crippen LogP contribution in [-0.2, 0) is 4.79 Å². The first-order valence-electron chi connectivity index (χ1n) is 8.97. The first kappa shape index (κ1) is 19.9. The van der Waals surface area contributed by atoms with E-state index in [1.165, 1.54) is 6.92 Å². The summed E-state index contributed by atoms with van der Waals surface area (Å²) in [6.07, 6.45) is 0. The normalized spacial score (nSPS) is 10.2. The average Bonchev–Trinajstić information content (AvgIpc) is 2.71. The first-order chi connectivity index (χ1) is 14.0. The van der Waals surface area contributed by atoms with Crippen molar-refractivity contribution in [2.24, 2.45) is 0 Å². The van der Waals surface area contributed by atoms with Crippen LogP contribution in [0.1, 0.15) is 12.6 Å². The maximum atomic E-state index is 11.7. The van der Waals surface area contributed by atoms with Crippen LogP contribution in [0.15, 0.2) is 48.5 Å². The molecule has 3 rings (SSSR count). The number of aromatic nitrogens is 2. The van der Waals surface area contributed by atoms with Crippen LogP contribution >= 0.6 is 0 Å². The van der Waals surface area contributed by atoms with Crippen molar-refractivity contribution in [1.82, 2.24) is 9.97 Å². The molecule has 0 atom stereocenters. The van der Waals surface area contributed by atoms with E-state index in [4.69, 9.17) is 9.47 Å². The molecule has 1 aromatic heterocycles. The quantitative estimate of drug-likeness (QED) is 0.552. The Morgan fingerprint density at radius 1 is 0.828 bits per heavy atom. The van der Waals surface area contributed by atoms with Crippen molar-refractivity contribution in [3.8, 4) is 11.5 Å². The number of hydrogen-bond donors (Lipinski definition) is 3. The maximum absolute atomic E-state index is 11.7. The molecule has 1 amide bonds. The predicted molar refractivity (Wildman–Crippen MR) is 114 cm³/mol. The van der Waals surface area contributed by atoms with E-state index in [-0.39, 0.29) is 5.91 Å². The highest BCUT2D eigenvalue weighted by atomic mass is 16.5. The zero-order chi connectivity index (χ0) is 20.8. The molecule has 0 saturated heterocycles. The lowest BCUT2D eigenvalue weighted by molar-refractivity contribution is -0.114. The van der Waals surface area contributed by atoms with Crippen LogP contribution in [0.5, 0.6) is 11.5 Å². The van der Waals surface area contributed by atoms with Gasteiger partial charge in [0.05, 0.1) is 19.9 Å². The van der Waals surface area contributed by atoms with Gasteiger partial charge in [0, 0.05) is 18.3 Å². The fourth-order valence-corrected chi connectivity index (χ4v) is 2.66. The van der Waals surface area contributed by atoms with Crippen LogP contribution in [0, 0.1) is 6.92 Å². The van der Waals surface area contributed by atoms with E-state index in [2.05, 4.69) is 25.9 Å². The minimum absolute atomic E-state index is 0.203. The Morgan fingerprint density at radius 3 is 1.83 bits per heavy atom. The summed E-state index contributed by atoms with van der Waals surface area (Å²) in [6, 6.07) is 14.8. The molecule has 2 aromatic carbocycles. The van der Waals surface area contributed by atoms with E-state index in [1.54, 1.807) is 14.2 Å². The van der Waals surface area contributed by atoms with Crippen LogP contribution < -0.4 is 25.4 Å². The smallest absolute Gasteiger partial charge is 0.229 e. The zero-order valence-electron chi connectivity index (χ0n) is 16.7. The molecule has 0 aliphatic rings. The second-order valence-electron chi connectivity index (χ2n) is 6.24. The van der Waals surface area contributed by atoms with Gasteiger partial charge in [0.2, 0.25) is 11.9 Å². The van der Waals surface area contributed by atoms with Gasteiger partial charge in [-0.1, -0.05) is 0 Å². The van der Waals surface area contributed by atoms with Gasteiger partial charge >= 0.3 is 0 Å². The second-order valence-corrected chi connectivity index (χ2v) is 6.24. The molecule has 0 aliphatic carbocycles. The molecule has 3 N–H and O–H groups in total. The number of methoxy groups -OCH3 is 2. The summed E-state index contributed by atoms with van der Waals surface area (Å²) in [6.45, 7) is 3.26. The number of ether oxygens (including phenoxy) is 2. The standard InChI is InChI=1S/C21H23N5O3/c1-13-19(23-14(2)27)20(24-15-5-9-17(28-3)10-6-15)26-21(22-13)25-16-7-11-18(29-4)12-8-16/h5-12H,1-4H3,(H,23,27)(H2,22,24,25,26). The lowest BCUT2D eigenvalue weighted by Crippen LogP contribution is -2.13. The van der Waals surface area contributed by atoms with E-state index >= 15 is 0 Å². The van der Waals surface area contributed by atoms with Crippen LogP contribution in [0.3, 0.4) is 0 Å². The highest BCUT2D eigenvalue weighted by molar-refractivity contribution is 5.93. The van der Waals surface area contributed by atoms with Crippen LogP contribution in [0.25, 0.3) is 0 Å². The molecule has 8 heteroatoms. The molecule has 0 spiro atoms. The van der Waals surface area contributed by atoms with Crippen LogP contribution in [0.4, 0.5) is 28.8 Å². The van der Waals surface area contributed by atoms with Crippen molar-refractivity contribution in [3.05, 3.63) is 54.2 Å². The van der Waals surface area contributed by atoms with Gasteiger partial charge in [-0.3, -0.25) is 4.79 Å². The van der Waals surface area contributed by atoms with Gasteiger partial charge < -0.3 is 25.4 Å². The Bertz CT molecular complexity index is 988. The van der Waals surface area contributed by atoms with Gasteiger partial charge in [-0.15, -0.1) is 0 Å². The molecule has 150 valence electrons. The van der Waals surface area contributed by atoms with Gasteiger partial charge in [-0.05, 0) is 55.5 Å². The Kier molecular flexibility index (Phi) is 6.13. The Morgan fingerprint density at radius 2 is 1.34 bits per heavy atom. The second kappa shape index (κ2) is 8.92. The third-order valence-corrected chi connectivity index (χ3v) is 4.09. The van der Waals surface area contributed by atoms with Crippen molar-refractivity contribution in [2.45, 2.75) is 13.8 Å². The fourth-order valence-electron chi connectivity index (χ4n) is 2.66. The summed E-state index contributed by atoms with van der Waals surface area (Å²) < 4.78 is 10.4. The molecule has 0 radical (unpaired) electrons. The number of carbonyl (C=O) groups is 1. The van der Waals surface area contributed by atoms with Crippen molar-refractivity contribution in [3.63, 3.8) is 0 Å². The number of nitrogens with one attached hydrogen (secondary N) is 3. The summed E-state index contributed by atoms with van der Waals surface area (Å²) in [5.74, 6) is 2.19. The molecule has 0 bridgehead atoms. The summed E-state index contributed by atoms with van der Waals surface area (Å²) in [5, 5.41) is 9.20. The van der Waals surface area contributed by atoms with E-state index < -0.39 is 0 Å². The zero-order valence-corrected chi connectivity index (χ0v) is 16.7. The molecule has 0 aliphatic heterocycles. The van der Waals surface area contributed by atoms with E-state index in [0.717, 1.165) is 22.9 Å². The Balaban J connectivity index is 1.92. The SMILES string of the molecule is COc1ccc(Nc2nc(C)c(NC(C)=O)c(Nc3ccc(OC)cc3)n2)cc1. The van der Waals surface area contributed by atoms with Crippen LogP contribution in [-0.4, -0.2) is 30.1 Å². The van der Waals surface area contributed by atoms with Crippen molar-refractivity contribution in [1.29, 1.82) is 0 Å². The molecule has 0 unspecified atom stereocenters. The Hall–Kier alpha value is -3.81. The lowest BCUT2D eigenvalue weighted by Gasteiger charge is -2.16. The number of rotatable bonds is 7. The number of amides is 1. The summed E-state index contributed by atoms with van der Waals surface area (Å²) in [5.41, 5.74) is 2.76. The number of aryl methyl sites for hydroxylation is 1. The first-order valence-corrected chi connectivity index (χ1v) is 8.97. The van der Waals surface area contributed by atoms with Gasteiger partial charge in [0.25, 0.3) is 0 Å². The number of anilines is 5. The lowest BCUT2D eigenvalue weighted by atomic mass is 10.2. The monoisotopic (exact) mass is 393 g/mol. The molecule has 3 aromatic rings. The number of carbonyl (C=O) groups excluding carboxylic acids is 1. The highest BCUT2D eigenvalue weighted by Gasteiger charge is 2.14. The minimum atomic E-state index is -0.203. The summed E-state index contributed by atoms with van der Waals surface area (Å²) in [4.78, 5) is 20.7. The Labute approximate surface area is 169 Å². The van der Waals surface area contributed by atoms with Gasteiger partial charge in [0.15, 0.2) is 5.82 Å². The molecule has 29 heavy (non-hydrogen) atoms. The van der Waals surface area contributed by atoms with Crippen molar-refractivity contribution in [2.75, 3.05) is 30.2 Å². The molecular weight excluding hydrogens is 370 g/mol. The molecule has 0 saturated carbocycles. The fraction of sp³-hybridized carbons (Fsp3) is 0.190. The van der Waals surface area contributed by atoms with Gasteiger partial charge in [-0.2, -0.15) is 4.98 Å². The maximum Gasteiger partial charge on any atom is 0.229 e. The average molecular weight is 393 g/mol. The third kappa shape index (κ3) is 5.13. The van der Waals surface area contributed by atoms with E-state index in [1.807, 2.05) is 55.5 Å². The molecule has 8 nitrogen and oxygen atoms in total. The number of nitrogens with zero attached hydrogens (tertiary/aromatic N) is 2. The van der Waals surface area contributed by atoms with Crippen molar-refractivity contribution >= 4 is 34.7 Å². The number of benzene rings is 2. The van der Waals surface area contributed by atoms with Crippen LogP contribution in [0.2, 0.25) is 0 Å². The molecular formula is C21H23N5O3. The van der Waals surface area contributed by atoms with Gasteiger partial charge in [-0.25, -0.2) is 4.98 Å². The third-order valence-electron chi connectivity index (χ3n) is 4.09. The summed E-state index contributed by atoms with van der Waals surface area (Å²) >= 11 is 0. The van der Waals surface area contributed by atoms with Gasteiger partial charge in [0.1, 0.15) is 17.2 Å². The summed E-state index contributed by atoms with van der Waals surface area (Å²) in [7, 11) is 3.23. The topological polar surface area (TPSA) is 97.4 Å². The molecule has 0 fully saturated rings. The molecule has 1 heterocycles. The van der Waals surface area contributed by atoms with Crippen molar-refractivity contribution < 1.29 is 14.3 Å². The highest BCUT2D eigenvalue weighted by Crippen LogP contribution is 2.29. The minimum Gasteiger partial charge on any atom is -0.497 e. The van der Waals surface area contributed by atoms with E-state index in [9.17, 15) is 4.79 Å².